The maximum atomic E-state index is 12.1. The first-order valence-corrected chi connectivity index (χ1v) is 6.94. The van der Waals surface area contributed by atoms with Crippen LogP contribution in [0.4, 0.5) is 0 Å². The summed E-state index contributed by atoms with van der Waals surface area (Å²) in [4.78, 5) is 16.0. The minimum Gasteiger partial charge on any atom is -0.342 e. The molecule has 3 nitrogen and oxygen atoms in total. The standard InChI is InChI=1S/C13H18BrClN2O/c1-16(2)7-4-8-17(3)13(18)10-5-6-12(15)11(14)9-10/h5-6,9H,4,7-8H2,1-3H3. The summed E-state index contributed by atoms with van der Waals surface area (Å²) in [5.41, 5.74) is 0.652. The van der Waals surface area contributed by atoms with Crippen LogP contribution >= 0.6 is 27.5 Å². The fraction of sp³-hybridized carbons (Fsp3) is 0.462. The average Bonchev–Trinajstić information content (AvgIpc) is 2.31. The van der Waals surface area contributed by atoms with Crippen molar-refractivity contribution in [2.75, 3.05) is 34.2 Å². The number of rotatable bonds is 5. The number of carbonyl (C=O) groups excluding carboxylic acids is 1. The lowest BCUT2D eigenvalue weighted by Crippen LogP contribution is -2.29. The molecule has 0 aromatic heterocycles. The zero-order valence-electron chi connectivity index (χ0n) is 10.9. The van der Waals surface area contributed by atoms with Gasteiger partial charge in [0.2, 0.25) is 0 Å². The molecule has 0 saturated heterocycles. The second-order valence-electron chi connectivity index (χ2n) is 4.51. The van der Waals surface area contributed by atoms with Crippen molar-refractivity contribution in [1.29, 1.82) is 0 Å². The predicted molar refractivity (Wildman–Crippen MR) is 79.3 cm³/mol. The first-order chi connectivity index (χ1) is 8.41. The molecule has 0 aliphatic heterocycles. The first-order valence-electron chi connectivity index (χ1n) is 5.77. The smallest absolute Gasteiger partial charge is 0.253 e. The zero-order valence-corrected chi connectivity index (χ0v) is 13.3. The molecule has 0 saturated carbocycles. The molecule has 0 N–H and O–H groups in total. The quantitative estimate of drug-likeness (QED) is 0.826. The second-order valence-corrected chi connectivity index (χ2v) is 5.77. The van der Waals surface area contributed by atoms with Gasteiger partial charge in [0.15, 0.2) is 0 Å². The van der Waals surface area contributed by atoms with Crippen molar-refractivity contribution in [3.63, 3.8) is 0 Å². The van der Waals surface area contributed by atoms with Crippen LogP contribution in [0, 0.1) is 0 Å². The minimum absolute atomic E-state index is 0.0196. The van der Waals surface area contributed by atoms with Gasteiger partial charge in [0, 0.05) is 23.6 Å². The first kappa shape index (κ1) is 15.5. The van der Waals surface area contributed by atoms with Crippen molar-refractivity contribution in [2.45, 2.75) is 6.42 Å². The van der Waals surface area contributed by atoms with Crippen LogP contribution in [0.2, 0.25) is 5.02 Å². The van der Waals surface area contributed by atoms with E-state index in [2.05, 4.69) is 20.8 Å². The number of carbonyl (C=O) groups is 1. The molecular formula is C13H18BrClN2O. The maximum Gasteiger partial charge on any atom is 0.253 e. The molecule has 0 fully saturated rings. The summed E-state index contributed by atoms with van der Waals surface area (Å²) < 4.78 is 0.747. The molecule has 1 rings (SSSR count). The minimum atomic E-state index is 0.0196. The molecule has 0 radical (unpaired) electrons. The van der Waals surface area contributed by atoms with Crippen molar-refractivity contribution in [1.82, 2.24) is 9.80 Å². The van der Waals surface area contributed by atoms with E-state index in [1.54, 1.807) is 23.1 Å². The van der Waals surface area contributed by atoms with Crippen LogP contribution < -0.4 is 0 Å². The highest BCUT2D eigenvalue weighted by Crippen LogP contribution is 2.23. The van der Waals surface area contributed by atoms with Gasteiger partial charge in [0.25, 0.3) is 5.91 Å². The lowest BCUT2D eigenvalue weighted by atomic mass is 10.2. The van der Waals surface area contributed by atoms with Crippen LogP contribution in [0.3, 0.4) is 0 Å². The Bertz CT molecular complexity index is 423. The Hall–Kier alpha value is -0.580. The third kappa shape index (κ3) is 4.59. The van der Waals surface area contributed by atoms with Crippen molar-refractivity contribution in [2.24, 2.45) is 0 Å². The number of benzene rings is 1. The van der Waals surface area contributed by atoms with Gasteiger partial charge < -0.3 is 9.80 Å². The Kier molecular flexibility index (Phi) is 6.12. The molecule has 0 heterocycles. The lowest BCUT2D eigenvalue weighted by molar-refractivity contribution is 0.0790. The third-order valence-electron chi connectivity index (χ3n) is 2.61. The largest absolute Gasteiger partial charge is 0.342 e. The monoisotopic (exact) mass is 332 g/mol. The van der Waals surface area contributed by atoms with E-state index in [1.807, 2.05) is 21.1 Å². The van der Waals surface area contributed by atoms with E-state index in [9.17, 15) is 4.79 Å². The molecule has 1 aromatic rings. The van der Waals surface area contributed by atoms with E-state index >= 15 is 0 Å². The summed E-state index contributed by atoms with van der Waals surface area (Å²) in [6.07, 6.45) is 0.962. The molecule has 1 amide bonds. The average molecular weight is 334 g/mol. The van der Waals surface area contributed by atoms with Gasteiger partial charge in [-0.25, -0.2) is 0 Å². The topological polar surface area (TPSA) is 23.6 Å². The van der Waals surface area contributed by atoms with Crippen LogP contribution in [0.25, 0.3) is 0 Å². The summed E-state index contributed by atoms with van der Waals surface area (Å²) in [7, 11) is 5.87. The number of hydrogen-bond acceptors (Lipinski definition) is 2. The van der Waals surface area contributed by atoms with Crippen molar-refractivity contribution >= 4 is 33.4 Å². The summed E-state index contributed by atoms with van der Waals surface area (Å²) in [5.74, 6) is 0.0196. The Morgan fingerprint density at radius 3 is 2.50 bits per heavy atom. The maximum absolute atomic E-state index is 12.1. The normalized spacial score (nSPS) is 10.8. The Morgan fingerprint density at radius 2 is 1.94 bits per heavy atom. The molecule has 0 unspecified atom stereocenters. The van der Waals surface area contributed by atoms with Gasteiger partial charge >= 0.3 is 0 Å². The SMILES string of the molecule is CN(C)CCCN(C)C(=O)c1ccc(Cl)c(Br)c1. The highest BCUT2D eigenvalue weighted by Gasteiger charge is 2.12. The van der Waals surface area contributed by atoms with Crippen LogP contribution in [-0.4, -0.2) is 49.9 Å². The highest BCUT2D eigenvalue weighted by molar-refractivity contribution is 9.10. The predicted octanol–water partition coefficient (Wildman–Crippen LogP) is 3.13. The fourth-order valence-electron chi connectivity index (χ4n) is 1.58. The van der Waals surface area contributed by atoms with E-state index in [4.69, 9.17) is 11.6 Å². The molecule has 0 spiro atoms. The molecule has 0 bridgehead atoms. The number of nitrogens with zero attached hydrogens (tertiary/aromatic N) is 2. The molecule has 100 valence electrons. The molecule has 0 aliphatic rings. The molecule has 0 aliphatic carbocycles. The molecule has 18 heavy (non-hydrogen) atoms. The molecule has 5 heteroatoms. The van der Waals surface area contributed by atoms with Gasteiger partial charge in [-0.1, -0.05) is 11.6 Å². The molecule has 1 aromatic carbocycles. The van der Waals surface area contributed by atoms with Gasteiger partial charge in [-0.05, 0) is 61.2 Å². The zero-order chi connectivity index (χ0) is 13.7. The summed E-state index contributed by atoms with van der Waals surface area (Å²) in [5, 5.41) is 0.613. The van der Waals surface area contributed by atoms with Crippen molar-refractivity contribution in [3.05, 3.63) is 33.3 Å². The second kappa shape index (κ2) is 7.12. The summed E-state index contributed by atoms with van der Waals surface area (Å²) in [6, 6.07) is 5.23. The molecular weight excluding hydrogens is 316 g/mol. The Balaban J connectivity index is 2.60. The Morgan fingerprint density at radius 1 is 1.28 bits per heavy atom. The van der Waals surface area contributed by atoms with Crippen molar-refractivity contribution < 1.29 is 4.79 Å². The summed E-state index contributed by atoms with van der Waals surface area (Å²) in [6.45, 7) is 1.72. The van der Waals surface area contributed by atoms with E-state index < -0.39 is 0 Å². The van der Waals surface area contributed by atoms with Crippen LogP contribution in [0.1, 0.15) is 16.8 Å². The van der Waals surface area contributed by atoms with E-state index in [1.165, 1.54) is 0 Å². The van der Waals surface area contributed by atoms with Gasteiger partial charge in [-0.15, -0.1) is 0 Å². The molecule has 0 atom stereocenters. The van der Waals surface area contributed by atoms with Crippen molar-refractivity contribution in [3.8, 4) is 0 Å². The van der Waals surface area contributed by atoms with E-state index in [0.29, 0.717) is 10.6 Å². The van der Waals surface area contributed by atoms with Gasteiger partial charge in [-0.2, -0.15) is 0 Å². The van der Waals surface area contributed by atoms with E-state index in [0.717, 1.165) is 24.0 Å². The Labute approximate surface area is 122 Å². The number of hydrogen-bond donors (Lipinski definition) is 0. The van der Waals surface area contributed by atoms with E-state index in [-0.39, 0.29) is 5.91 Å². The van der Waals surface area contributed by atoms with Gasteiger partial charge in [0.1, 0.15) is 0 Å². The van der Waals surface area contributed by atoms with Crippen LogP contribution in [-0.2, 0) is 0 Å². The van der Waals surface area contributed by atoms with Gasteiger partial charge in [-0.3, -0.25) is 4.79 Å². The summed E-state index contributed by atoms with van der Waals surface area (Å²) >= 11 is 9.23. The van der Waals surface area contributed by atoms with Gasteiger partial charge in [0.05, 0.1) is 5.02 Å². The van der Waals surface area contributed by atoms with Crippen LogP contribution in [0.5, 0.6) is 0 Å². The highest BCUT2D eigenvalue weighted by atomic mass is 79.9. The van der Waals surface area contributed by atoms with Crippen LogP contribution in [0.15, 0.2) is 22.7 Å². The fourth-order valence-corrected chi connectivity index (χ4v) is 2.07. The third-order valence-corrected chi connectivity index (χ3v) is 3.83. The number of halogens is 2. The number of amides is 1. The lowest BCUT2D eigenvalue weighted by Gasteiger charge is -2.18.